The van der Waals surface area contributed by atoms with Crippen LogP contribution < -0.4 is 19.9 Å². The monoisotopic (exact) mass is 1160 g/mol. The molecule has 2 aromatic carbocycles. The Balaban J connectivity index is 0.000000137. The van der Waals surface area contributed by atoms with E-state index in [0.29, 0.717) is 126 Å². The van der Waals surface area contributed by atoms with E-state index in [1.165, 1.54) is 0 Å². The predicted molar refractivity (Wildman–Crippen MR) is 295 cm³/mol. The van der Waals surface area contributed by atoms with E-state index in [1.807, 2.05) is 121 Å². The van der Waals surface area contributed by atoms with Gasteiger partial charge in [0.1, 0.15) is 46.1 Å². The van der Waals surface area contributed by atoms with Crippen LogP contribution in [-0.4, -0.2) is 89.7 Å². The average molecular weight is 1160 g/mol. The predicted octanol–water partition coefficient (Wildman–Crippen LogP) is 8.62. The van der Waals surface area contributed by atoms with Gasteiger partial charge in [-0.3, -0.25) is 29.9 Å². The van der Waals surface area contributed by atoms with Gasteiger partial charge in [0.15, 0.2) is 0 Å². The summed E-state index contributed by atoms with van der Waals surface area (Å²) in [6.07, 6.45) is 10.2. The first-order valence-electron chi connectivity index (χ1n) is 24.9. The van der Waals surface area contributed by atoms with Crippen molar-refractivity contribution in [2.45, 2.75) is 0 Å². The van der Waals surface area contributed by atoms with Crippen LogP contribution in [0.15, 0.2) is 159 Å². The second-order valence-electron chi connectivity index (χ2n) is 18.5. The largest absolute Gasteiger partial charge is 2.00 e. The van der Waals surface area contributed by atoms with Crippen molar-refractivity contribution in [1.29, 1.82) is 0 Å². The van der Waals surface area contributed by atoms with Crippen LogP contribution in [0.5, 0.6) is 0 Å². The quantitative estimate of drug-likeness (QED) is 0.128. The molecule has 82 heavy (non-hydrogen) atoms. The fraction of sp³-hybridized carbons (Fsp3) is 0. The Labute approximate surface area is 479 Å². The zero-order chi connectivity index (χ0) is 52.4. The smallest absolute Gasteiger partial charge is 0.357 e. The summed E-state index contributed by atoms with van der Waals surface area (Å²) in [5, 5.41) is 4.85. The Morgan fingerprint density at radius 1 is 0.207 bits per heavy atom. The van der Waals surface area contributed by atoms with Crippen LogP contribution in [0.4, 0.5) is 0 Å². The van der Waals surface area contributed by atoms with E-state index in [2.05, 4.69) is 29.9 Å². The minimum absolute atomic E-state index is 0. The van der Waals surface area contributed by atoms with E-state index in [-0.39, 0.29) is 34.1 Å². The van der Waals surface area contributed by atoms with Crippen molar-refractivity contribution in [3.05, 3.63) is 159 Å². The van der Waals surface area contributed by atoms with Gasteiger partial charge in [-0.05, 0) is 82.2 Å². The second kappa shape index (κ2) is 18.9. The molecule has 2 radical (unpaired) electrons. The molecule has 0 spiro atoms. The normalized spacial score (nSPS) is 11.7. The molecular weight excluding hydrogens is 1130 g/mol. The third-order valence-electron chi connectivity index (χ3n) is 13.8. The first-order chi connectivity index (χ1) is 39.6. The zero-order valence-electron chi connectivity index (χ0n) is 41.5. The maximum atomic E-state index is 4.88. The molecular formula is C58H26Cu2N22. The van der Waals surface area contributed by atoms with Crippen molar-refractivity contribution >= 4 is 88.5 Å². The van der Waals surface area contributed by atoms with Crippen LogP contribution in [0.3, 0.4) is 0 Å². The number of aromatic nitrogens is 22. The number of hydrogen-bond donors (Lipinski definition) is 0. The first kappa shape index (κ1) is 48.2. The number of nitrogens with zero attached hydrogens (tertiary/aromatic N) is 22. The van der Waals surface area contributed by atoms with E-state index in [9.17, 15) is 0 Å². The molecule has 18 rings (SSSR count). The summed E-state index contributed by atoms with van der Waals surface area (Å²) in [6, 6.07) is 38.2. The van der Waals surface area contributed by atoms with Gasteiger partial charge in [0.2, 0.25) is 0 Å². The molecule has 24 heteroatoms. The molecule has 4 aliphatic heterocycles. The molecule has 22 nitrogen and oxygen atoms in total. The zero-order valence-corrected chi connectivity index (χ0v) is 43.3. The standard InChI is InChI=1S/2C29H13N11.2Cu/c1-2-7-15-14(6-1)22-33-23(15)36-28-21-18(10-5-13-32-21)26(39-28)40-29-20-17(9-4-12-31-20)25(38-29)34-24-16-8-3-11-30-19(16)27(35-22)37-24;1-2-7-15-14(6-1)22-33-23(15)35-25-17-9-4-12-31-20(17)28(37-25)40-29-21-18(10-5-13-32-21)26(39-29)38-27-19-16(8-3-11-30-19)24(34-22)36-27;;/h2*1-13H;;/q2*-2;2*+2. The summed E-state index contributed by atoms with van der Waals surface area (Å²) in [7, 11) is 0. The minimum atomic E-state index is 0. The third kappa shape index (κ3) is 7.62. The molecule has 16 heterocycles. The van der Waals surface area contributed by atoms with Gasteiger partial charge in [-0.1, -0.05) is 60.7 Å². The fourth-order valence-corrected chi connectivity index (χ4v) is 10.2. The molecule has 0 aliphatic carbocycles. The molecule has 0 N–H and O–H groups in total. The Kier molecular flexibility index (Phi) is 11.1. The molecule has 0 atom stereocenters. The number of rotatable bonds is 0. The van der Waals surface area contributed by atoms with E-state index in [4.69, 9.17) is 79.7 Å². The summed E-state index contributed by atoms with van der Waals surface area (Å²) in [4.78, 5) is 104. The van der Waals surface area contributed by atoms with Crippen LogP contribution >= 0.6 is 0 Å². The Hall–Kier alpha value is -10.9. The van der Waals surface area contributed by atoms with E-state index in [1.54, 1.807) is 37.2 Å². The van der Waals surface area contributed by atoms with Crippen LogP contribution in [-0.2, 0) is 34.1 Å². The van der Waals surface area contributed by atoms with E-state index >= 15 is 0 Å². The molecule has 0 saturated heterocycles. The van der Waals surface area contributed by atoms with E-state index in [0.717, 1.165) is 54.6 Å². The molecule has 0 unspecified atom stereocenters. The van der Waals surface area contributed by atoms with Crippen molar-refractivity contribution in [3.8, 4) is 91.6 Å². The van der Waals surface area contributed by atoms with Crippen molar-refractivity contribution in [2.24, 2.45) is 0 Å². The summed E-state index contributed by atoms with van der Waals surface area (Å²) >= 11 is 0. The molecule has 14 aromatic rings. The number of hydrogen-bond acceptors (Lipinski definition) is 18. The van der Waals surface area contributed by atoms with Crippen molar-refractivity contribution in [1.82, 2.24) is 110 Å². The number of pyridine rings is 6. The van der Waals surface area contributed by atoms with Crippen LogP contribution in [0.1, 0.15) is 0 Å². The summed E-state index contributed by atoms with van der Waals surface area (Å²) in [5.41, 5.74) is 10.3. The Bertz CT molecular complexity index is 4410. The van der Waals surface area contributed by atoms with Crippen molar-refractivity contribution < 1.29 is 34.1 Å². The van der Waals surface area contributed by atoms with Gasteiger partial charge in [-0.2, -0.15) is 0 Å². The maximum Gasteiger partial charge on any atom is 2.00 e. The fourth-order valence-electron chi connectivity index (χ4n) is 10.2. The van der Waals surface area contributed by atoms with Crippen molar-refractivity contribution in [2.75, 3.05) is 0 Å². The average Bonchev–Trinajstić information content (AvgIpc) is 4.59. The molecule has 12 aromatic heterocycles. The van der Waals surface area contributed by atoms with Gasteiger partial charge < -0.3 is 59.8 Å². The topological polar surface area (TPSA) is 288 Å². The summed E-state index contributed by atoms with van der Waals surface area (Å²) in [5.74, 6) is 3.42. The van der Waals surface area contributed by atoms with Gasteiger partial charge >= 0.3 is 34.1 Å². The first-order valence-corrected chi connectivity index (χ1v) is 24.9. The maximum absolute atomic E-state index is 4.88. The third-order valence-corrected chi connectivity index (χ3v) is 13.8. The Morgan fingerprint density at radius 3 is 0.768 bits per heavy atom. The van der Waals surface area contributed by atoms with E-state index < -0.39 is 0 Å². The summed E-state index contributed by atoms with van der Waals surface area (Å²) < 4.78 is 0. The molecule has 0 fully saturated rings. The van der Waals surface area contributed by atoms with Crippen LogP contribution in [0.2, 0.25) is 0 Å². The van der Waals surface area contributed by atoms with Gasteiger partial charge in [0.05, 0.1) is 34.3 Å². The Morgan fingerprint density at radius 2 is 0.439 bits per heavy atom. The molecule has 4 aliphatic rings. The second-order valence-corrected chi connectivity index (χ2v) is 18.5. The summed E-state index contributed by atoms with van der Waals surface area (Å²) in [6.45, 7) is 0. The van der Waals surface area contributed by atoms with Gasteiger partial charge in [0, 0.05) is 115 Å². The molecule has 16 bridgehead atoms. The molecule has 390 valence electrons. The minimum Gasteiger partial charge on any atom is -0.357 e. The SMILES string of the molecule is [Cu+2].[Cu+2].c1cnc2c(c1)-c1nc-2nc2[n-]c(nc3nc(nc4[n-]c(n1)c1ccccc41)-c1cccnc1-3)c1ncccc21.c1cnc2c(c1)-c1nc-2nc2[n-]c(nc3nc(nc4[n-]c(n1)c1cccnc41)-c1cccnc1-3)c1ccccc21. The van der Waals surface area contributed by atoms with Crippen LogP contribution in [0, 0.1) is 0 Å². The molecule has 0 saturated carbocycles. The van der Waals surface area contributed by atoms with Gasteiger partial charge in [-0.25, -0.2) is 19.9 Å². The van der Waals surface area contributed by atoms with Gasteiger partial charge in [-0.15, -0.1) is 0 Å². The van der Waals surface area contributed by atoms with Crippen molar-refractivity contribution in [3.63, 3.8) is 0 Å². The van der Waals surface area contributed by atoms with Crippen LogP contribution in [0.25, 0.3) is 180 Å². The van der Waals surface area contributed by atoms with Gasteiger partial charge in [0.25, 0.3) is 0 Å². The molecule has 0 amide bonds. The number of fused-ring (bicyclic) bond motifs is 40. The number of benzene rings is 2.